The van der Waals surface area contributed by atoms with Crippen LogP contribution < -0.4 is 16.0 Å². The van der Waals surface area contributed by atoms with Crippen LogP contribution in [-0.2, 0) is 9.59 Å². The van der Waals surface area contributed by atoms with Crippen molar-refractivity contribution in [3.05, 3.63) is 58.5 Å². The van der Waals surface area contributed by atoms with Gasteiger partial charge in [0.1, 0.15) is 11.6 Å². The van der Waals surface area contributed by atoms with E-state index in [9.17, 15) is 32.3 Å². The number of Topliss-reactive ketones (excluding diaryl/α,β-unsaturated/α-hetero) is 1. The second-order valence-electron chi connectivity index (χ2n) is 7.09. The number of carbonyl (C=O) groups excluding carboxylic acids is 4. The van der Waals surface area contributed by atoms with Crippen LogP contribution in [0.5, 0.6) is 0 Å². The monoisotopic (exact) mass is 484 g/mol. The number of amides is 3. The zero-order valence-electron chi connectivity index (χ0n) is 17.5. The number of rotatable bonds is 9. The summed E-state index contributed by atoms with van der Waals surface area (Å²) in [7, 11) is 1.18. The van der Waals surface area contributed by atoms with E-state index in [1.165, 1.54) is 19.2 Å². The predicted molar refractivity (Wildman–Crippen MR) is 114 cm³/mol. The summed E-state index contributed by atoms with van der Waals surface area (Å²) in [4.78, 5) is 53.2. The number of aromatic nitrogens is 1. The van der Waals surface area contributed by atoms with Crippen LogP contribution in [0.25, 0.3) is 0 Å². The third-order valence-electron chi connectivity index (χ3n) is 4.36. The highest BCUT2D eigenvalue weighted by Gasteiger charge is 2.31. The molecule has 0 saturated carbocycles. The molecule has 1 aromatic carbocycles. The minimum atomic E-state index is -3.15. The van der Waals surface area contributed by atoms with Gasteiger partial charge in [0, 0.05) is 25.2 Å². The molecule has 1 atom stereocenters. The van der Waals surface area contributed by atoms with Crippen LogP contribution in [0.4, 0.5) is 19.0 Å². The van der Waals surface area contributed by atoms with Crippen molar-refractivity contribution in [2.75, 3.05) is 12.4 Å². The number of anilines is 1. The summed E-state index contributed by atoms with van der Waals surface area (Å²) in [6, 6.07) is 4.30. The van der Waals surface area contributed by atoms with Crippen molar-refractivity contribution in [3.63, 3.8) is 0 Å². The van der Waals surface area contributed by atoms with Crippen molar-refractivity contribution in [1.82, 2.24) is 15.6 Å². The Morgan fingerprint density at radius 3 is 2.45 bits per heavy atom. The number of nitrogens with one attached hydrogen (secondary N) is 3. The summed E-state index contributed by atoms with van der Waals surface area (Å²) in [6.07, 6.45) is -0.178. The van der Waals surface area contributed by atoms with Crippen LogP contribution in [0, 0.1) is 5.82 Å². The maximum absolute atomic E-state index is 13.4. The summed E-state index contributed by atoms with van der Waals surface area (Å²) < 4.78 is 40.0. The minimum absolute atomic E-state index is 0.00169. The van der Waals surface area contributed by atoms with Crippen LogP contribution in [0.3, 0.4) is 0 Å². The molecule has 0 bridgehead atoms. The summed E-state index contributed by atoms with van der Waals surface area (Å²) >= 11 is 5.89. The fourth-order valence-electron chi connectivity index (χ4n) is 2.71. The van der Waals surface area contributed by atoms with Gasteiger partial charge in [-0.25, -0.2) is 18.2 Å². The van der Waals surface area contributed by atoms with Gasteiger partial charge in [-0.1, -0.05) is 17.7 Å². The van der Waals surface area contributed by atoms with Gasteiger partial charge in [-0.2, -0.15) is 0 Å². The minimum Gasteiger partial charge on any atom is -0.353 e. The van der Waals surface area contributed by atoms with Crippen LogP contribution in [0.2, 0.25) is 5.02 Å². The second kappa shape index (κ2) is 10.9. The Kier molecular flexibility index (Phi) is 8.52. The summed E-state index contributed by atoms with van der Waals surface area (Å²) in [5, 5.41) is 6.63. The Morgan fingerprint density at radius 2 is 1.85 bits per heavy atom. The highest BCUT2D eigenvalue weighted by Crippen LogP contribution is 2.22. The van der Waals surface area contributed by atoms with Crippen molar-refractivity contribution < 1.29 is 32.3 Å². The summed E-state index contributed by atoms with van der Waals surface area (Å²) in [6.45, 7) is 0.636. The van der Waals surface area contributed by atoms with Crippen LogP contribution in [0.1, 0.15) is 40.5 Å². The number of halogens is 4. The van der Waals surface area contributed by atoms with Crippen LogP contribution in [0.15, 0.2) is 36.5 Å². The van der Waals surface area contributed by atoms with Crippen molar-refractivity contribution in [3.8, 4) is 0 Å². The first-order valence-corrected chi connectivity index (χ1v) is 9.96. The van der Waals surface area contributed by atoms with E-state index in [0.717, 1.165) is 24.4 Å². The number of benzene rings is 1. The molecule has 1 aromatic heterocycles. The Hall–Kier alpha value is -3.47. The average molecular weight is 485 g/mol. The lowest BCUT2D eigenvalue weighted by molar-refractivity contribution is -0.139. The van der Waals surface area contributed by atoms with E-state index in [1.807, 2.05) is 0 Å². The van der Waals surface area contributed by atoms with Gasteiger partial charge in [0.05, 0.1) is 16.6 Å². The molecule has 3 N–H and O–H groups in total. The molecule has 0 radical (unpaired) electrons. The molecule has 1 heterocycles. The standard InChI is InChI=1S/C21H20ClF3N4O4/c1-21(24,25)7-6-15(16(30)20(33)26-2)28-19(32)14-9-12(22)10-27-17(14)29-18(31)11-4-3-5-13(23)8-11/h3-5,8-10,15H,6-7H2,1-2H3,(H,26,33)(H,28,32)(H,27,29,31)/t15-/m0/s1. The number of hydrogen-bond acceptors (Lipinski definition) is 5. The largest absolute Gasteiger partial charge is 0.353 e. The number of nitrogens with zero attached hydrogens (tertiary/aromatic N) is 1. The van der Waals surface area contributed by atoms with E-state index in [0.29, 0.717) is 6.92 Å². The molecule has 0 aliphatic heterocycles. The number of ketones is 1. The molecule has 176 valence electrons. The molecule has 0 spiro atoms. The van der Waals surface area contributed by atoms with Gasteiger partial charge in [0.2, 0.25) is 11.7 Å². The Balaban J connectivity index is 2.30. The van der Waals surface area contributed by atoms with E-state index in [4.69, 9.17) is 11.6 Å². The molecule has 0 aliphatic carbocycles. The maximum atomic E-state index is 13.4. The van der Waals surface area contributed by atoms with Crippen molar-refractivity contribution in [2.45, 2.75) is 31.7 Å². The van der Waals surface area contributed by atoms with Crippen LogP contribution >= 0.6 is 11.6 Å². The quantitative estimate of drug-likeness (QED) is 0.473. The van der Waals surface area contributed by atoms with Gasteiger partial charge in [0.25, 0.3) is 17.7 Å². The van der Waals surface area contributed by atoms with Gasteiger partial charge in [0.15, 0.2) is 0 Å². The number of alkyl halides is 2. The molecule has 12 heteroatoms. The lowest BCUT2D eigenvalue weighted by Crippen LogP contribution is -2.47. The Morgan fingerprint density at radius 1 is 1.15 bits per heavy atom. The molecule has 0 saturated heterocycles. The van der Waals surface area contributed by atoms with Gasteiger partial charge >= 0.3 is 0 Å². The molecule has 3 amide bonds. The van der Waals surface area contributed by atoms with Gasteiger partial charge in [-0.15, -0.1) is 0 Å². The van der Waals surface area contributed by atoms with Gasteiger partial charge in [-0.3, -0.25) is 19.2 Å². The third kappa shape index (κ3) is 7.56. The molecule has 8 nitrogen and oxygen atoms in total. The summed E-state index contributed by atoms with van der Waals surface area (Å²) in [5.41, 5.74) is -0.360. The first-order valence-electron chi connectivity index (χ1n) is 9.58. The van der Waals surface area contributed by atoms with E-state index < -0.39 is 54.1 Å². The molecule has 0 aliphatic rings. The fraction of sp³-hybridized carbons (Fsp3) is 0.286. The molecule has 33 heavy (non-hydrogen) atoms. The lowest BCUT2D eigenvalue weighted by atomic mass is 10.0. The molecular weight excluding hydrogens is 465 g/mol. The zero-order valence-corrected chi connectivity index (χ0v) is 18.3. The maximum Gasteiger partial charge on any atom is 0.289 e. The molecular formula is C21H20ClF3N4O4. The predicted octanol–water partition coefficient (Wildman–Crippen LogP) is 2.98. The molecule has 2 aromatic rings. The topological polar surface area (TPSA) is 117 Å². The highest BCUT2D eigenvalue weighted by molar-refractivity contribution is 6.38. The van der Waals surface area contributed by atoms with Crippen molar-refractivity contribution in [2.24, 2.45) is 0 Å². The molecule has 2 rings (SSSR count). The van der Waals surface area contributed by atoms with E-state index in [1.54, 1.807) is 0 Å². The SMILES string of the molecule is CNC(=O)C(=O)[C@H](CCC(C)(F)F)NC(=O)c1cc(Cl)cnc1NC(=O)c1cccc(F)c1. The molecule has 0 fully saturated rings. The van der Waals surface area contributed by atoms with Crippen molar-refractivity contribution >= 4 is 40.9 Å². The zero-order chi connectivity index (χ0) is 24.8. The molecule has 0 unspecified atom stereocenters. The third-order valence-corrected chi connectivity index (χ3v) is 4.57. The Labute approximate surface area is 191 Å². The van der Waals surface area contributed by atoms with E-state index in [-0.39, 0.29) is 22.0 Å². The average Bonchev–Trinajstić information content (AvgIpc) is 2.75. The van der Waals surface area contributed by atoms with Crippen molar-refractivity contribution in [1.29, 1.82) is 0 Å². The van der Waals surface area contributed by atoms with Gasteiger partial charge < -0.3 is 16.0 Å². The number of likely N-dealkylation sites (N-methyl/N-ethyl adjacent to an activating group) is 1. The first kappa shape index (κ1) is 25.8. The van der Waals surface area contributed by atoms with Crippen LogP contribution in [-0.4, -0.2) is 47.5 Å². The fourth-order valence-corrected chi connectivity index (χ4v) is 2.86. The Bertz CT molecular complexity index is 1080. The van der Waals surface area contributed by atoms with E-state index in [2.05, 4.69) is 20.9 Å². The van der Waals surface area contributed by atoms with E-state index >= 15 is 0 Å². The van der Waals surface area contributed by atoms with Gasteiger partial charge in [-0.05, 0) is 37.6 Å². The highest BCUT2D eigenvalue weighted by atomic mass is 35.5. The first-order chi connectivity index (χ1) is 15.4. The summed E-state index contributed by atoms with van der Waals surface area (Å²) in [5.74, 6) is -8.08. The number of pyridine rings is 1. The number of hydrogen-bond donors (Lipinski definition) is 3. The number of carbonyl (C=O) groups is 4. The smallest absolute Gasteiger partial charge is 0.289 e. The lowest BCUT2D eigenvalue weighted by Gasteiger charge is -2.20. The second-order valence-corrected chi connectivity index (χ2v) is 7.53. The normalized spacial score (nSPS) is 11.9.